The van der Waals surface area contributed by atoms with Gasteiger partial charge in [0.1, 0.15) is 0 Å². The Morgan fingerprint density at radius 1 is 0.800 bits per heavy atom. The van der Waals surface area contributed by atoms with Gasteiger partial charge in [-0.1, -0.05) is 62.9 Å². The van der Waals surface area contributed by atoms with E-state index < -0.39 is 0 Å². The Balaban J connectivity index is 1.84. The molecule has 106 valence electrons. The number of aryl methyl sites for hydroxylation is 1. The molecule has 0 N–H and O–H groups in total. The average molecular weight is 268 g/mol. The first-order valence-corrected chi connectivity index (χ1v) is 7.90. The van der Waals surface area contributed by atoms with Crippen molar-refractivity contribution in [1.82, 2.24) is 0 Å². The van der Waals surface area contributed by atoms with Gasteiger partial charge in [-0.15, -0.1) is 0 Å². The van der Waals surface area contributed by atoms with Crippen molar-refractivity contribution in [2.45, 2.75) is 52.0 Å². The van der Waals surface area contributed by atoms with E-state index in [1.165, 1.54) is 49.7 Å². The second kappa shape index (κ2) is 8.52. The molecule has 0 aliphatic rings. The molecule has 1 heterocycles. The quantitative estimate of drug-likeness (QED) is 0.489. The van der Waals surface area contributed by atoms with Crippen molar-refractivity contribution in [3.63, 3.8) is 0 Å². The van der Waals surface area contributed by atoms with Crippen LogP contribution in [-0.4, -0.2) is 0 Å². The zero-order valence-corrected chi connectivity index (χ0v) is 12.6. The van der Waals surface area contributed by atoms with Gasteiger partial charge in [-0.25, -0.2) is 4.57 Å². The lowest BCUT2D eigenvalue weighted by Crippen LogP contribution is -2.33. The lowest BCUT2D eigenvalue weighted by molar-refractivity contribution is -0.688. The van der Waals surface area contributed by atoms with Crippen LogP contribution in [0.25, 0.3) is 0 Å². The molecule has 0 amide bonds. The highest BCUT2D eigenvalue weighted by Gasteiger charge is 2.04. The summed E-state index contributed by atoms with van der Waals surface area (Å²) >= 11 is 0. The summed E-state index contributed by atoms with van der Waals surface area (Å²) < 4.78 is 2.29. The number of hydrogen-bond donors (Lipinski definition) is 0. The van der Waals surface area contributed by atoms with Crippen LogP contribution in [0.5, 0.6) is 0 Å². The molecule has 0 fully saturated rings. The minimum Gasteiger partial charge on any atom is -0.201 e. The summed E-state index contributed by atoms with van der Waals surface area (Å²) in [6, 6.07) is 15.1. The first kappa shape index (κ1) is 14.8. The van der Waals surface area contributed by atoms with Gasteiger partial charge < -0.3 is 0 Å². The molecule has 0 saturated carbocycles. The van der Waals surface area contributed by atoms with Gasteiger partial charge in [0.15, 0.2) is 18.9 Å². The lowest BCUT2D eigenvalue weighted by atomic mass is 10.1. The Bertz CT molecular complexity index is 490. The summed E-state index contributed by atoms with van der Waals surface area (Å²) in [6.45, 7) is 3.23. The van der Waals surface area contributed by atoms with Crippen LogP contribution < -0.4 is 4.57 Å². The summed E-state index contributed by atoms with van der Waals surface area (Å²) in [5.74, 6) is 0. The molecule has 0 radical (unpaired) electrons. The molecular weight excluding hydrogens is 242 g/mol. The number of rotatable bonds is 8. The smallest absolute Gasteiger partial charge is 0.173 e. The SMILES string of the molecule is CCCCCCCc1ccc[n+](Cc2ccccc2)c1. The molecule has 1 nitrogen and oxygen atoms in total. The van der Waals surface area contributed by atoms with Crippen molar-refractivity contribution in [2.75, 3.05) is 0 Å². The van der Waals surface area contributed by atoms with Crippen LogP contribution >= 0.6 is 0 Å². The molecular formula is C19H26N+. The molecule has 0 atom stereocenters. The largest absolute Gasteiger partial charge is 0.201 e. The van der Waals surface area contributed by atoms with E-state index >= 15 is 0 Å². The molecule has 1 heteroatoms. The molecule has 1 aromatic carbocycles. The summed E-state index contributed by atoms with van der Waals surface area (Å²) in [4.78, 5) is 0. The molecule has 0 spiro atoms. The molecule has 1 aromatic heterocycles. The Hall–Kier alpha value is -1.63. The molecule has 20 heavy (non-hydrogen) atoms. The Morgan fingerprint density at radius 3 is 2.35 bits per heavy atom. The number of pyridine rings is 1. The molecule has 0 aliphatic carbocycles. The van der Waals surface area contributed by atoms with Gasteiger partial charge in [0, 0.05) is 17.2 Å². The van der Waals surface area contributed by atoms with Crippen LogP contribution in [0.4, 0.5) is 0 Å². The van der Waals surface area contributed by atoms with Gasteiger partial charge in [-0.2, -0.15) is 0 Å². The molecule has 2 rings (SSSR count). The van der Waals surface area contributed by atoms with Crippen LogP contribution in [0.2, 0.25) is 0 Å². The van der Waals surface area contributed by atoms with Crippen LogP contribution in [0.1, 0.15) is 50.2 Å². The minimum absolute atomic E-state index is 0.963. The first-order chi connectivity index (χ1) is 9.88. The highest BCUT2D eigenvalue weighted by molar-refractivity contribution is 5.13. The van der Waals surface area contributed by atoms with E-state index in [1.54, 1.807) is 0 Å². The number of benzene rings is 1. The molecule has 2 aromatic rings. The third-order valence-electron chi connectivity index (χ3n) is 3.70. The topological polar surface area (TPSA) is 3.88 Å². The Kier molecular flexibility index (Phi) is 6.30. The summed E-state index contributed by atoms with van der Waals surface area (Å²) in [7, 11) is 0. The zero-order valence-electron chi connectivity index (χ0n) is 12.6. The maximum absolute atomic E-state index is 2.30. The minimum atomic E-state index is 0.963. The van der Waals surface area contributed by atoms with Crippen molar-refractivity contribution in [3.05, 3.63) is 66.0 Å². The van der Waals surface area contributed by atoms with E-state index in [9.17, 15) is 0 Å². The van der Waals surface area contributed by atoms with Gasteiger partial charge in [0.25, 0.3) is 0 Å². The number of unbranched alkanes of at least 4 members (excludes halogenated alkanes) is 4. The Morgan fingerprint density at radius 2 is 1.55 bits per heavy atom. The predicted molar refractivity (Wildman–Crippen MR) is 84.6 cm³/mol. The second-order valence-electron chi connectivity index (χ2n) is 5.53. The number of aromatic nitrogens is 1. The number of nitrogens with zero attached hydrogens (tertiary/aromatic N) is 1. The predicted octanol–water partition coefficient (Wildman–Crippen LogP) is 4.54. The van der Waals surface area contributed by atoms with E-state index in [0.717, 1.165) is 6.54 Å². The highest BCUT2D eigenvalue weighted by atomic mass is 14.9. The van der Waals surface area contributed by atoms with Gasteiger partial charge in [-0.05, 0) is 18.9 Å². The van der Waals surface area contributed by atoms with E-state index in [4.69, 9.17) is 0 Å². The van der Waals surface area contributed by atoms with Crippen LogP contribution in [0, 0.1) is 0 Å². The molecule has 0 aliphatic heterocycles. The fraction of sp³-hybridized carbons (Fsp3) is 0.421. The third-order valence-corrected chi connectivity index (χ3v) is 3.70. The normalized spacial score (nSPS) is 10.7. The molecule has 0 bridgehead atoms. The highest BCUT2D eigenvalue weighted by Crippen LogP contribution is 2.07. The molecule has 0 unspecified atom stereocenters. The summed E-state index contributed by atoms with van der Waals surface area (Å²) in [5.41, 5.74) is 2.82. The Labute approximate surface area is 123 Å². The summed E-state index contributed by atoms with van der Waals surface area (Å²) in [5, 5.41) is 0. The van der Waals surface area contributed by atoms with Crippen molar-refractivity contribution < 1.29 is 4.57 Å². The van der Waals surface area contributed by atoms with Crippen molar-refractivity contribution >= 4 is 0 Å². The van der Waals surface area contributed by atoms with E-state index in [2.05, 4.69) is 66.3 Å². The first-order valence-electron chi connectivity index (χ1n) is 7.90. The van der Waals surface area contributed by atoms with Crippen LogP contribution in [0.15, 0.2) is 54.9 Å². The summed E-state index contributed by atoms with van der Waals surface area (Å²) in [6.07, 6.45) is 12.4. The fourth-order valence-corrected chi connectivity index (χ4v) is 2.55. The lowest BCUT2D eigenvalue weighted by Gasteiger charge is -2.02. The van der Waals surface area contributed by atoms with Gasteiger partial charge >= 0.3 is 0 Å². The van der Waals surface area contributed by atoms with Gasteiger partial charge in [-0.3, -0.25) is 0 Å². The zero-order chi connectivity index (χ0) is 14.0. The maximum atomic E-state index is 2.30. The van der Waals surface area contributed by atoms with Crippen molar-refractivity contribution in [3.8, 4) is 0 Å². The average Bonchev–Trinajstić information content (AvgIpc) is 2.48. The standard InChI is InChI=1S/C19H26N/c1-2-3-4-5-7-11-19-14-10-15-20(17-19)16-18-12-8-6-9-13-18/h6,8-10,12-15,17H,2-5,7,11,16H2,1H3/q+1. The monoisotopic (exact) mass is 268 g/mol. The molecule has 0 saturated heterocycles. The van der Waals surface area contributed by atoms with Gasteiger partial charge in [0.2, 0.25) is 0 Å². The fourth-order valence-electron chi connectivity index (χ4n) is 2.55. The van der Waals surface area contributed by atoms with E-state index in [-0.39, 0.29) is 0 Å². The second-order valence-corrected chi connectivity index (χ2v) is 5.53. The van der Waals surface area contributed by atoms with Crippen LogP contribution in [0.3, 0.4) is 0 Å². The van der Waals surface area contributed by atoms with Gasteiger partial charge in [0.05, 0.1) is 0 Å². The van der Waals surface area contributed by atoms with E-state index in [0.29, 0.717) is 0 Å². The third kappa shape index (κ3) is 5.16. The maximum Gasteiger partial charge on any atom is 0.173 e. The van der Waals surface area contributed by atoms with Crippen molar-refractivity contribution in [2.24, 2.45) is 0 Å². The van der Waals surface area contributed by atoms with Crippen molar-refractivity contribution in [1.29, 1.82) is 0 Å². The van der Waals surface area contributed by atoms with E-state index in [1.807, 2.05) is 0 Å². The number of hydrogen-bond acceptors (Lipinski definition) is 0. The van der Waals surface area contributed by atoms with Crippen LogP contribution in [-0.2, 0) is 13.0 Å².